The number of rotatable bonds is 5. The molecule has 2 fully saturated rings. The Bertz CT molecular complexity index is 790. The molecule has 0 radical (unpaired) electrons. The Morgan fingerprint density at radius 2 is 1.62 bits per heavy atom. The normalized spacial score (nSPS) is 23.0. The van der Waals surface area contributed by atoms with Gasteiger partial charge in [0, 0.05) is 17.5 Å². The number of carbonyl (C=O) groups is 1. The SMILES string of the molecule is NCc1ccc(C2CC2)c(C(=O)C2CCC(c3ccc(Cl)cc3)CC2)n1. The van der Waals surface area contributed by atoms with E-state index in [4.69, 9.17) is 17.3 Å². The molecule has 0 atom stereocenters. The molecule has 3 nitrogen and oxygen atoms in total. The van der Waals surface area contributed by atoms with Gasteiger partial charge in [-0.05, 0) is 79.7 Å². The highest BCUT2D eigenvalue weighted by molar-refractivity contribution is 6.30. The first-order valence-corrected chi connectivity index (χ1v) is 10.0. The third-order valence-electron chi connectivity index (χ3n) is 5.88. The van der Waals surface area contributed by atoms with Gasteiger partial charge in [0.05, 0.1) is 5.69 Å². The highest BCUT2D eigenvalue weighted by atomic mass is 35.5. The maximum Gasteiger partial charge on any atom is 0.184 e. The summed E-state index contributed by atoms with van der Waals surface area (Å²) >= 11 is 5.99. The minimum atomic E-state index is 0.0941. The number of carbonyl (C=O) groups excluding carboxylic acids is 1. The van der Waals surface area contributed by atoms with Gasteiger partial charge in [0.2, 0.25) is 0 Å². The molecule has 0 bridgehead atoms. The van der Waals surface area contributed by atoms with Crippen LogP contribution in [0.2, 0.25) is 5.02 Å². The van der Waals surface area contributed by atoms with Crippen LogP contribution in [0, 0.1) is 5.92 Å². The third-order valence-corrected chi connectivity index (χ3v) is 6.14. The fourth-order valence-electron chi connectivity index (χ4n) is 4.16. The predicted molar refractivity (Wildman–Crippen MR) is 105 cm³/mol. The van der Waals surface area contributed by atoms with E-state index < -0.39 is 0 Å². The monoisotopic (exact) mass is 368 g/mol. The van der Waals surface area contributed by atoms with Gasteiger partial charge in [-0.2, -0.15) is 0 Å². The van der Waals surface area contributed by atoms with Crippen LogP contribution >= 0.6 is 11.6 Å². The lowest BCUT2D eigenvalue weighted by Gasteiger charge is -2.28. The largest absolute Gasteiger partial charge is 0.325 e. The minimum Gasteiger partial charge on any atom is -0.325 e. The van der Waals surface area contributed by atoms with Gasteiger partial charge in [0.1, 0.15) is 5.69 Å². The van der Waals surface area contributed by atoms with E-state index >= 15 is 0 Å². The highest BCUT2D eigenvalue weighted by Crippen LogP contribution is 2.43. The van der Waals surface area contributed by atoms with Crippen molar-refractivity contribution < 1.29 is 4.79 Å². The Hall–Kier alpha value is -1.71. The lowest BCUT2D eigenvalue weighted by Crippen LogP contribution is -2.23. The van der Waals surface area contributed by atoms with Gasteiger partial charge >= 0.3 is 0 Å². The molecule has 2 aromatic rings. The van der Waals surface area contributed by atoms with E-state index in [0.717, 1.165) is 42.0 Å². The van der Waals surface area contributed by atoms with Crippen molar-refractivity contribution in [1.82, 2.24) is 4.98 Å². The van der Waals surface area contributed by atoms with Crippen molar-refractivity contribution in [1.29, 1.82) is 0 Å². The summed E-state index contributed by atoms with van der Waals surface area (Å²) in [6.45, 7) is 0.383. The Morgan fingerprint density at radius 3 is 2.23 bits per heavy atom. The molecule has 4 rings (SSSR count). The van der Waals surface area contributed by atoms with Crippen molar-refractivity contribution in [2.45, 2.75) is 56.9 Å². The Labute approximate surface area is 160 Å². The average molecular weight is 369 g/mol. The van der Waals surface area contributed by atoms with Crippen molar-refractivity contribution in [3.63, 3.8) is 0 Å². The van der Waals surface area contributed by atoms with Gasteiger partial charge in [0.25, 0.3) is 0 Å². The lowest BCUT2D eigenvalue weighted by molar-refractivity contribution is 0.0877. The maximum absolute atomic E-state index is 13.2. The first-order valence-electron chi connectivity index (χ1n) is 9.65. The molecule has 1 heterocycles. The van der Waals surface area contributed by atoms with E-state index in [1.165, 1.54) is 18.4 Å². The van der Waals surface area contributed by atoms with E-state index in [0.29, 0.717) is 24.1 Å². The first-order chi connectivity index (χ1) is 12.7. The van der Waals surface area contributed by atoms with Crippen LogP contribution in [0.4, 0.5) is 0 Å². The van der Waals surface area contributed by atoms with E-state index in [1.807, 2.05) is 18.2 Å². The van der Waals surface area contributed by atoms with Gasteiger partial charge in [-0.3, -0.25) is 4.79 Å². The summed E-state index contributed by atoms with van der Waals surface area (Å²) < 4.78 is 0. The summed E-state index contributed by atoms with van der Waals surface area (Å²) in [4.78, 5) is 17.8. The maximum atomic E-state index is 13.2. The number of halogens is 1. The van der Waals surface area contributed by atoms with Crippen LogP contribution in [-0.2, 0) is 6.54 Å². The van der Waals surface area contributed by atoms with Crippen LogP contribution in [0.3, 0.4) is 0 Å². The second kappa shape index (κ2) is 7.50. The van der Waals surface area contributed by atoms with Crippen molar-refractivity contribution in [2.24, 2.45) is 11.7 Å². The molecule has 0 spiro atoms. The number of nitrogens with two attached hydrogens (primary N) is 1. The molecule has 1 aromatic carbocycles. The van der Waals surface area contributed by atoms with E-state index in [9.17, 15) is 4.79 Å². The highest BCUT2D eigenvalue weighted by Gasteiger charge is 2.33. The third kappa shape index (κ3) is 3.70. The van der Waals surface area contributed by atoms with Crippen molar-refractivity contribution in [3.8, 4) is 0 Å². The van der Waals surface area contributed by atoms with Crippen LogP contribution in [0.25, 0.3) is 0 Å². The van der Waals surface area contributed by atoms with Gasteiger partial charge in [-0.25, -0.2) is 4.98 Å². The van der Waals surface area contributed by atoms with Crippen molar-refractivity contribution in [3.05, 3.63) is 63.9 Å². The molecule has 26 heavy (non-hydrogen) atoms. The molecule has 2 aliphatic rings. The molecule has 1 aromatic heterocycles. The van der Waals surface area contributed by atoms with Gasteiger partial charge in [-0.15, -0.1) is 0 Å². The molecular weight excluding hydrogens is 344 g/mol. The number of hydrogen-bond donors (Lipinski definition) is 1. The number of Topliss-reactive ketones (excluding diaryl/α,β-unsaturated/α-hetero) is 1. The molecular formula is C22H25ClN2O. The Kier molecular flexibility index (Phi) is 5.10. The zero-order valence-electron chi connectivity index (χ0n) is 15.0. The van der Waals surface area contributed by atoms with Crippen LogP contribution in [0.5, 0.6) is 0 Å². The number of hydrogen-bond acceptors (Lipinski definition) is 3. The molecule has 4 heteroatoms. The number of nitrogens with zero attached hydrogens (tertiary/aromatic N) is 1. The number of aromatic nitrogens is 1. The van der Waals surface area contributed by atoms with Crippen molar-refractivity contribution in [2.75, 3.05) is 0 Å². The van der Waals surface area contributed by atoms with Crippen molar-refractivity contribution >= 4 is 17.4 Å². The fourth-order valence-corrected chi connectivity index (χ4v) is 4.29. The average Bonchev–Trinajstić information content (AvgIpc) is 3.53. The quantitative estimate of drug-likeness (QED) is 0.735. The number of pyridine rings is 1. The molecule has 2 N–H and O–H groups in total. The number of ketones is 1. The van der Waals surface area contributed by atoms with Gasteiger partial charge in [-0.1, -0.05) is 29.8 Å². The minimum absolute atomic E-state index is 0.0941. The molecule has 136 valence electrons. The Morgan fingerprint density at radius 1 is 0.962 bits per heavy atom. The molecule has 0 saturated heterocycles. The molecule has 0 unspecified atom stereocenters. The zero-order chi connectivity index (χ0) is 18.1. The van der Waals surface area contributed by atoms with Crippen LogP contribution in [0.15, 0.2) is 36.4 Å². The van der Waals surface area contributed by atoms with Crippen LogP contribution < -0.4 is 5.73 Å². The van der Waals surface area contributed by atoms with E-state index in [-0.39, 0.29) is 11.7 Å². The smallest absolute Gasteiger partial charge is 0.184 e. The fraction of sp³-hybridized carbons (Fsp3) is 0.455. The molecule has 2 aliphatic carbocycles. The second-order valence-corrected chi connectivity index (χ2v) is 8.12. The molecule has 0 amide bonds. The van der Waals surface area contributed by atoms with E-state index in [2.05, 4.69) is 23.2 Å². The zero-order valence-corrected chi connectivity index (χ0v) is 15.7. The predicted octanol–water partition coefficient (Wildman–Crippen LogP) is 5.23. The van der Waals surface area contributed by atoms with Gasteiger partial charge < -0.3 is 5.73 Å². The summed E-state index contributed by atoms with van der Waals surface area (Å²) in [7, 11) is 0. The van der Waals surface area contributed by atoms with Crippen LogP contribution in [0.1, 0.15) is 77.7 Å². The number of benzene rings is 1. The topological polar surface area (TPSA) is 56.0 Å². The standard InChI is InChI=1S/C22H25ClN2O/c23-18-9-7-15(8-10-18)14-1-5-17(6-2-14)22(26)21-20(16-3-4-16)12-11-19(13-24)25-21/h7-12,14,16-17H,1-6,13,24H2. The summed E-state index contributed by atoms with van der Waals surface area (Å²) in [5.74, 6) is 1.38. The Balaban J connectivity index is 1.47. The lowest BCUT2D eigenvalue weighted by atomic mass is 9.76. The van der Waals surface area contributed by atoms with E-state index in [1.54, 1.807) is 0 Å². The second-order valence-electron chi connectivity index (χ2n) is 7.68. The summed E-state index contributed by atoms with van der Waals surface area (Å²) in [5, 5.41) is 0.774. The first kappa shape index (κ1) is 17.7. The van der Waals surface area contributed by atoms with Crippen LogP contribution in [-0.4, -0.2) is 10.8 Å². The molecule has 0 aliphatic heterocycles. The molecule has 2 saturated carbocycles. The summed E-state index contributed by atoms with van der Waals surface area (Å²) in [6, 6.07) is 12.2. The summed E-state index contributed by atoms with van der Waals surface area (Å²) in [5.41, 5.74) is 9.74. The van der Waals surface area contributed by atoms with Gasteiger partial charge in [0.15, 0.2) is 5.78 Å². The summed E-state index contributed by atoms with van der Waals surface area (Å²) in [6.07, 6.45) is 6.32.